The van der Waals surface area contributed by atoms with Crippen molar-refractivity contribution in [1.82, 2.24) is 9.78 Å². The average Bonchev–Trinajstić information content (AvgIpc) is 2.99. The Balaban J connectivity index is 1.71. The van der Waals surface area contributed by atoms with Crippen LogP contribution in [0.3, 0.4) is 0 Å². The van der Waals surface area contributed by atoms with Gasteiger partial charge in [-0.05, 0) is 25.1 Å². The Kier molecular flexibility index (Phi) is 2.92. The molecule has 0 bridgehead atoms. The number of hydrogen-bond donors (Lipinski definition) is 0. The first-order valence-electron chi connectivity index (χ1n) is 8.32. The van der Waals surface area contributed by atoms with Gasteiger partial charge in [-0.25, -0.2) is 4.68 Å². The largest absolute Gasteiger partial charge is 0.493 e. The third kappa shape index (κ3) is 1.89. The zero-order chi connectivity index (χ0) is 16.1. The molecule has 0 amide bonds. The number of hydrogen-bond acceptors (Lipinski definition) is 3. The fourth-order valence-electron chi connectivity index (χ4n) is 3.90. The summed E-state index contributed by atoms with van der Waals surface area (Å²) < 4.78 is 14.0. The van der Waals surface area contributed by atoms with Crippen LogP contribution >= 0.6 is 0 Å². The summed E-state index contributed by atoms with van der Waals surface area (Å²) in [5.41, 5.74) is 4.50. The Hall–Kier alpha value is -2.75. The number of para-hydroxylation sites is 2. The van der Waals surface area contributed by atoms with Crippen molar-refractivity contribution in [2.75, 3.05) is 13.2 Å². The van der Waals surface area contributed by atoms with E-state index in [0.717, 1.165) is 23.0 Å². The molecule has 0 N–H and O–H groups in total. The molecule has 4 heteroatoms. The lowest BCUT2D eigenvalue weighted by Crippen LogP contribution is -2.35. The van der Waals surface area contributed by atoms with E-state index in [4.69, 9.17) is 14.6 Å². The van der Waals surface area contributed by atoms with Crippen LogP contribution in [0.5, 0.6) is 11.6 Å². The van der Waals surface area contributed by atoms with Gasteiger partial charge in [0.2, 0.25) is 5.88 Å². The maximum atomic E-state index is 6.13. The highest BCUT2D eigenvalue weighted by atomic mass is 16.5. The highest BCUT2D eigenvalue weighted by Crippen LogP contribution is 2.48. The Morgan fingerprint density at radius 1 is 0.958 bits per heavy atom. The minimum absolute atomic E-state index is 0.288. The zero-order valence-corrected chi connectivity index (χ0v) is 13.5. The maximum Gasteiger partial charge on any atom is 0.220 e. The highest BCUT2D eigenvalue weighted by Gasteiger charge is 2.41. The minimum Gasteiger partial charge on any atom is -0.493 e. The van der Waals surface area contributed by atoms with Crippen LogP contribution in [-0.4, -0.2) is 23.0 Å². The van der Waals surface area contributed by atoms with Gasteiger partial charge in [0.15, 0.2) is 0 Å². The molecule has 120 valence electrons. The molecule has 2 aliphatic heterocycles. The lowest BCUT2D eigenvalue weighted by atomic mass is 9.78. The molecule has 0 radical (unpaired) electrons. The smallest absolute Gasteiger partial charge is 0.220 e. The van der Waals surface area contributed by atoms with Gasteiger partial charge >= 0.3 is 0 Å². The van der Waals surface area contributed by atoms with Gasteiger partial charge in [0.25, 0.3) is 0 Å². The molecule has 1 aromatic heterocycles. The molecule has 3 aromatic rings. The van der Waals surface area contributed by atoms with Gasteiger partial charge in [0.05, 0.1) is 24.6 Å². The summed E-state index contributed by atoms with van der Waals surface area (Å²) in [5.74, 6) is 2.48. The molecule has 2 aliphatic rings. The number of aromatic nitrogens is 2. The van der Waals surface area contributed by atoms with Crippen LogP contribution in [0.4, 0.5) is 0 Å². The van der Waals surface area contributed by atoms with Gasteiger partial charge in [-0.2, -0.15) is 5.10 Å². The van der Waals surface area contributed by atoms with Crippen molar-refractivity contribution in [2.24, 2.45) is 5.92 Å². The van der Waals surface area contributed by atoms with Crippen LogP contribution < -0.4 is 9.47 Å². The third-order valence-electron chi connectivity index (χ3n) is 4.99. The summed E-state index contributed by atoms with van der Waals surface area (Å²) in [6, 6.07) is 18.5. The molecular formula is C20H18N2O2. The summed E-state index contributed by atoms with van der Waals surface area (Å²) in [6.07, 6.45) is 0. The second-order valence-corrected chi connectivity index (χ2v) is 6.45. The van der Waals surface area contributed by atoms with E-state index in [1.54, 1.807) is 0 Å². The summed E-state index contributed by atoms with van der Waals surface area (Å²) in [4.78, 5) is 0. The maximum absolute atomic E-state index is 6.13. The van der Waals surface area contributed by atoms with Gasteiger partial charge in [-0.15, -0.1) is 0 Å². The van der Waals surface area contributed by atoms with Crippen LogP contribution in [0.2, 0.25) is 0 Å². The molecule has 3 heterocycles. The van der Waals surface area contributed by atoms with E-state index < -0.39 is 0 Å². The lowest BCUT2D eigenvalue weighted by Gasteiger charge is -2.37. The number of fused-ring (bicyclic) bond motifs is 5. The summed E-state index contributed by atoms with van der Waals surface area (Å²) >= 11 is 0. The van der Waals surface area contributed by atoms with Crippen LogP contribution in [0.15, 0.2) is 54.6 Å². The Morgan fingerprint density at radius 2 is 1.71 bits per heavy atom. The molecule has 0 unspecified atom stereocenters. The second-order valence-electron chi connectivity index (χ2n) is 6.45. The van der Waals surface area contributed by atoms with Crippen LogP contribution in [0.1, 0.15) is 22.7 Å². The predicted molar refractivity (Wildman–Crippen MR) is 91.1 cm³/mol. The molecular weight excluding hydrogens is 300 g/mol. The van der Waals surface area contributed by atoms with Gasteiger partial charge in [0.1, 0.15) is 5.75 Å². The van der Waals surface area contributed by atoms with E-state index in [9.17, 15) is 0 Å². The number of nitrogens with zero attached hydrogens (tertiary/aromatic N) is 2. The number of rotatable bonds is 1. The van der Waals surface area contributed by atoms with E-state index in [-0.39, 0.29) is 5.92 Å². The number of aryl methyl sites for hydroxylation is 1. The van der Waals surface area contributed by atoms with Crippen LogP contribution in [0, 0.1) is 12.8 Å². The molecule has 0 fully saturated rings. The van der Waals surface area contributed by atoms with Gasteiger partial charge < -0.3 is 9.47 Å². The van der Waals surface area contributed by atoms with E-state index >= 15 is 0 Å². The number of ether oxygens (including phenoxy) is 2. The predicted octanol–water partition coefficient (Wildman–Crippen LogP) is 3.71. The summed E-state index contributed by atoms with van der Waals surface area (Å²) in [6.45, 7) is 3.42. The first kappa shape index (κ1) is 13.7. The SMILES string of the molecule is Cc1nn(-c2ccccc2)c2c1[C@H]1c3ccccc3OC[C@@H]1CO2. The zero-order valence-electron chi connectivity index (χ0n) is 13.5. The molecule has 0 saturated carbocycles. The monoisotopic (exact) mass is 318 g/mol. The first-order valence-corrected chi connectivity index (χ1v) is 8.32. The Labute approximate surface area is 140 Å². The topological polar surface area (TPSA) is 36.3 Å². The fraction of sp³-hybridized carbons (Fsp3) is 0.250. The molecule has 0 spiro atoms. The highest BCUT2D eigenvalue weighted by molar-refractivity contribution is 5.52. The summed E-state index contributed by atoms with van der Waals surface area (Å²) in [7, 11) is 0. The van der Waals surface area contributed by atoms with Crippen molar-refractivity contribution in [1.29, 1.82) is 0 Å². The van der Waals surface area contributed by atoms with Crippen molar-refractivity contribution >= 4 is 0 Å². The van der Waals surface area contributed by atoms with Crippen molar-refractivity contribution < 1.29 is 9.47 Å². The third-order valence-corrected chi connectivity index (χ3v) is 4.99. The van der Waals surface area contributed by atoms with Gasteiger partial charge in [0, 0.05) is 23.0 Å². The van der Waals surface area contributed by atoms with Crippen LogP contribution in [0.25, 0.3) is 5.69 Å². The van der Waals surface area contributed by atoms with Crippen molar-refractivity contribution in [2.45, 2.75) is 12.8 Å². The van der Waals surface area contributed by atoms with E-state index in [1.807, 2.05) is 28.9 Å². The van der Waals surface area contributed by atoms with E-state index in [1.165, 1.54) is 11.1 Å². The van der Waals surface area contributed by atoms with Gasteiger partial charge in [-0.3, -0.25) is 0 Å². The molecule has 2 aromatic carbocycles. The molecule has 5 rings (SSSR count). The molecule has 0 saturated heterocycles. The first-order chi connectivity index (χ1) is 11.8. The van der Waals surface area contributed by atoms with Crippen LogP contribution in [-0.2, 0) is 0 Å². The Morgan fingerprint density at radius 3 is 2.58 bits per heavy atom. The summed E-state index contributed by atoms with van der Waals surface area (Å²) in [5, 5.41) is 4.78. The minimum atomic E-state index is 0.288. The molecule has 24 heavy (non-hydrogen) atoms. The van der Waals surface area contributed by atoms with Gasteiger partial charge in [-0.1, -0.05) is 36.4 Å². The average molecular weight is 318 g/mol. The van der Waals surface area contributed by atoms with E-state index in [0.29, 0.717) is 19.1 Å². The standard InChI is InChI=1S/C20H18N2O2/c1-13-18-19-14(11-23-17-10-6-5-9-16(17)19)12-24-20(18)22(21-13)15-7-3-2-4-8-15/h2-10,14,19H,11-12H2,1H3/t14-,19-/m1/s1. The lowest BCUT2D eigenvalue weighted by molar-refractivity contribution is 0.121. The quantitative estimate of drug-likeness (QED) is 0.686. The molecule has 4 nitrogen and oxygen atoms in total. The second kappa shape index (κ2) is 5.13. The molecule has 2 atom stereocenters. The number of benzene rings is 2. The normalized spacial score (nSPS) is 21.0. The van der Waals surface area contributed by atoms with Crippen molar-refractivity contribution in [3.8, 4) is 17.3 Å². The van der Waals surface area contributed by atoms with Crippen molar-refractivity contribution in [3.63, 3.8) is 0 Å². The van der Waals surface area contributed by atoms with E-state index in [2.05, 4.69) is 37.3 Å². The Bertz CT molecular complexity index is 901. The fourth-order valence-corrected chi connectivity index (χ4v) is 3.90. The molecule has 0 aliphatic carbocycles. The van der Waals surface area contributed by atoms with Crippen molar-refractivity contribution in [3.05, 3.63) is 71.4 Å².